The Hall–Kier alpha value is -2.34. The quantitative estimate of drug-likeness (QED) is 0.722. The van der Waals surface area contributed by atoms with Crippen LogP contribution in [0.1, 0.15) is 11.3 Å². The third-order valence-corrected chi connectivity index (χ3v) is 3.87. The molecule has 0 amide bonds. The lowest BCUT2D eigenvalue weighted by atomic mass is 10.2. The Kier molecular flexibility index (Phi) is 3.17. The van der Waals surface area contributed by atoms with Gasteiger partial charge in [0.15, 0.2) is 0 Å². The van der Waals surface area contributed by atoms with Crippen molar-refractivity contribution < 1.29 is 4.42 Å². The standard InChI is InChI=1S/C14H12ClN3O3/c1-8-10(12(15)17(2)16-8)7-18-11-6-4-3-5-9(11)13(19)21-14(18)20/h3-6H,7H2,1-2H3. The van der Waals surface area contributed by atoms with Gasteiger partial charge in [-0.1, -0.05) is 23.7 Å². The number of nitrogens with zero attached hydrogens (tertiary/aromatic N) is 3. The Labute approximate surface area is 124 Å². The van der Waals surface area contributed by atoms with Gasteiger partial charge in [-0.3, -0.25) is 9.25 Å². The van der Waals surface area contributed by atoms with Gasteiger partial charge in [-0.05, 0) is 19.1 Å². The molecule has 0 radical (unpaired) electrons. The number of rotatable bonds is 2. The average molecular weight is 306 g/mol. The summed E-state index contributed by atoms with van der Waals surface area (Å²) in [5.74, 6) is -0.710. The molecule has 0 spiro atoms. The highest BCUT2D eigenvalue weighted by Gasteiger charge is 2.15. The van der Waals surface area contributed by atoms with E-state index in [1.165, 1.54) is 4.57 Å². The van der Waals surface area contributed by atoms with Gasteiger partial charge in [0.05, 0.1) is 23.1 Å². The van der Waals surface area contributed by atoms with Crippen molar-refractivity contribution in [3.63, 3.8) is 0 Å². The minimum Gasteiger partial charge on any atom is -0.372 e. The van der Waals surface area contributed by atoms with E-state index in [0.717, 1.165) is 11.3 Å². The first-order valence-electron chi connectivity index (χ1n) is 6.29. The molecule has 0 atom stereocenters. The van der Waals surface area contributed by atoms with Gasteiger partial charge in [0.25, 0.3) is 0 Å². The number of hydrogen-bond donors (Lipinski definition) is 0. The van der Waals surface area contributed by atoms with Crippen LogP contribution in [0.15, 0.2) is 38.3 Å². The first-order chi connectivity index (χ1) is 9.99. The molecule has 0 aliphatic heterocycles. The topological polar surface area (TPSA) is 70.0 Å². The van der Waals surface area contributed by atoms with Gasteiger partial charge in [0.2, 0.25) is 0 Å². The molecule has 0 bridgehead atoms. The zero-order valence-corrected chi connectivity index (χ0v) is 12.2. The summed E-state index contributed by atoms with van der Waals surface area (Å²) in [6.45, 7) is 2.01. The van der Waals surface area contributed by atoms with Gasteiger partial charge in [-0.25, -0.2) is 9.59 Å². The van der Waals surface area contributed by atoms with Gasteiger partial charge in [0, 0.05) is 12.6 Å². The largest absolute Gasteiger partial charge is 0.422 e. The first kappa shape index (κ1) is 13.6. The van der Waals surface area contributed by atoms with Crippen LogP contribution in [0.25, 0.3) is 10.9 Å². The van der Waals surface area contributed by atoms with Crippen LogP contribution in [0.2, 0.25) is 5.15 Å². The van der Waals surface area contributed by atoms with E-state index < -0.39 is 11.4 Å². The smallest absolute Gasteiger partial charge is 0.372 e. The summed E-state index contributed by atoms with van der Waals surface area (Å²) >= 11 is 6.19. The van der Waals surface area contributed by atoms with Crippen LogP contribution in [-0.2, 0) is 13.6 Å². The molecular formula is C14H12ClN3O3. The van der Waals surface area contributed by atoms with Crippen LogP contribution in [0.4, 0.5) is 0 Å². The highest BCUT2D eigenvalue weighted by atomic mass is 35.5. The highest BCUT2D eigenvalue weighted by Crippen LogP contribution is 2.20. The maximum absolute atomic E-state index is 12.0. The molecule has 0 saturated heterocycles. The van der Waals surface area contributed by atoms with E-state index in [1.54, 1.807) is 36.0 Å². The zero-order valence-electron chi connectivity index (χ0n) is 11.5. The summed E-state index contributed by atoms with van der Waals surface area (Å²) < 4.78 is 7.68. The molecule has 2 heterocycles. The van der Waals surface area contributed by atoms with E-state index in [9.17, 15) is 9.59 Å². The normalized spacial score (nSPS) is 11.2. The maximum Gasteiger partial charge on any atom is 0.422 e. The van der Waals surface area contributed by atoms with Crippen LogP contribution >= 0.6 is 11.6 Å². The predicted octanol–water partition coefficient (Wildman–Crippen LogP) is 1.70. The van der Waals surface area contributed by atoms with E-state index >= 15 is 0 Å². The van der Waals surface area contributed by atoms with Gasteiger partial charge in [-0.15, -0.1) is 0 Å². The molecule has 2 aromatic heterocycles. The maximum atomic E-state index is 12.0. The van der Waals surface area contributed by atoms with E-state index in [-0.39, 0.29) is 6.54 Å². The number of hydrogen-bond acceptors (Lipinski definition) is 4. The molecule has 1 aromatic carbocycles. The van der Waals surface area contributed by atoms with Crippen molar-refractivity contribution in [3.05, 3.63) is 61.6 Å². The van der Waals surface area contributed by atoms with Crippen LogP contribution in [0.3, 0.4) is 0 Å². The highest BCUT2D eigenvalue weighted by molar-refractivity contribution is 6.30. The number of aryl methyl sites for hydroxylation is 2. The summed E-state index contributed by atoms with van der Waals surface area (Å²) in [7, 11) is 1.73. The third-order valence-electron chi connectivity index (χ3n) is 3.40. The molecule has 3 rings (SSSR count). The lowest BCUT2D eigenvalue weighted by molar-refractivity contribution is 0.424. The van der Waals surface area contributed by atoms with Crippen LogP contribution in [0.5, 0.6) is 0 Å². The van der Waals surface area contributed by atoms with Crippen molar-refractivity contribution in [2.45, 2.75) is 13.5 Å². The van der Waals surface area contributed by atoms with Crippen LogP contribution in [-0.4, -0.2) is 14.3 Å². The summed E-state index contributed by atoms with van der Waals surface area (Å²) in [5, 5.41) is 5.02. The molecule has 0 unspecified atom stereocenters. The summed E-state index contributed by atoms with van der Waals surface area (Å²) in [4.78, 5) is 23.7. The summed E-state index contributed by atoms with van der Waals surface area (Å²) in [6, 6.07) is 6.80. The van der Waals surface area contributed by atoms with Gasteiger partial charge in [-0.2, -0.15) is 5.10 Å². The molecular weight excluding hydrogens is 294 g/mol. The number of aromatic nitrogens is 3. The Balaban J connectivity index is 2.26. The summed E-state index contributed by atoms with van der Waals surface area (Å²) in [5.41, 5.74) is 1.32. The first-order valence-corrected chi connectivity index (χ1v) is 6.67. The second kappa shape index (κ2) is 4.89. The van der Waals surface area contributed by atoms with E-state index in [0.29, 0.717) is 16.1 Å². The molecule has 0 saturated carbocycles. The molecule has 0 fully saturated rings. The van der Waals surface area contributed by atoms with E-state index in [4.69, 9.17) is 16.0 Å². The zero-order chi connectivity index (χ0) is 15.1. The summed E-state index contributed by atoms with van der Waals surface area (Å²) in [6.07, 6.45) is 0. The van der Waals surface area contributed by atoms with Crippen molar-refractivity contribution in [1.29, 1.82) is 0 Å². The molecule has 0 aliphatic carbocycles. The molecule has 0 N–H and O–H groups in total. The predicted molar refractivity (Wildman–Crippen MR) is 78.8 cm³/mol. The van der Waals surface area contributed by atoms with Gasteiger partial charge >= 0.3 is 11.4 Å². The second-order valence-electron chi connectivity index (χ2n) is 4.74. The minimum atomic E-state index is -0.710. The Morgan fingerprint density at radius 3 is 2.67 bits per heavy atom. The Morgan fingerprint density at radius 2 is 2.00 bits per heavy atom. The monoisotopic (exact) mass is 305 g/mol. The second-order valence-corrected chi connectivity index (χ2v) is 5.10. The van der Waals surface area contributed by atoms with Crippen molar-refractivity contribution in [2.75, 3.05) is 0 Å². The Morgan fingerprint density at radius 1 is 1.29 bits per heavy atom. The minimum absolute atomic E-state index is 0.196. The van der Waals surface area contributed by atoms with E-state index in [1.807, 2.05) is 6.92 Å². The molecule has 0 aliphatic rings. The van der Waals surface area contributed by atoms with Crippen molar-refractivity contribution >= 4 is 22.5 Å². The average Bonchev–Trinajstić information content (AvgIpc) is 2.69. The lowest BCUT2D eigenvalue weighted by Crippen LogP contribution is -2.25. The third kappa shape index (κ3) is 2.17. The lowest BCUT2D eigenvalue weighted by Gasteiger charge is -2.08. The molecule has 7 heteroatoms. The van der Waals surface area contributed by atoms with Crippen LogP contribution < -0.4 is 11.4 Å². The fourth-order valence-corrected chi connectivity index (χ4v) is 2.56. The van der Waals surface area contributed by atoms with Crippen molar-refractivity contribution in [3.8, 4) is 0 Å². The Bertz CT molecular complexity index is 952. The number of halogens is 1. The fourth-order valence-electron chi connectivity index (χ4n) is 2.33. The van der Waals surface area contributed by atoms with Crippen LogP contribution in [0, 0.1) is 6.92 Å². The molecule has 108 valence electrons. The van der Waals surface area contributed by atoms with Gasteiger partial charge in [0.1, 0.15) is 5.15 Å². The fraction of sp³-hybridized carbons (Fsp3) is 0.214. The van der Waals surface area contributed by atoms with Crippen molar-refractivity contribution in [1.82, 2.24) is 14.3 Å². The van der Waals surface area contributed by atoms with Crippen molar-refractivity contribution in [2.24, 2.45) is 7.05 Å². The number of para-hydroxylation sites is 1. The number of fused-ring (bicyclic) bond motifs is 1. The molecule has 6 nitrogen and oxygen atoms in total. The SMILES string of the molecule is Cc1nn(C)c(Cl)c1Cn1c(=O)oc(=O)c2ccccc21. The molecule has 21 heavy (non-hydrogen) atoms. The van der Waals surface area contributed by atoms with Gasteiger partial charge < -0.3 is 4.42 Å². The number of benzene rings is 1. The van der Waals surface area contributed by atoms with E-state index in [2.05, 4.69) is 5.10 Å². The molecule has 3 aromatic rings.